The Morgan fingerprint density at radius 3 is 1.71 bits per heavy atom. The first-order chi connectivity index (χ1) is 16.6. The first-order valence-corrected chi connectivity index (χ1v) is 11.8. The van der Waals surface area contributed by atoms with Crippen molar-refractivity contribution >= 4 is 33.2 Å². The van der Waals surface area contributed by atoms with Crippen molar-refractivity contribution in [2.24, 2.45) is 11.8 Å². The van der Waals surface area contributed by atoms with Crippen LogP contribution in [0.1, 0.15) is 12.8 Å². The number of hydrogen-bond acceptors (Lipinski definition) is 5. The third-order valence-corrected chi connectivity index (χ3v) is 6.83. The van der Waals surface area contributed by atoms with E-state index in [1.807, 2.05) is 12.1 Å². The van der Waals surface area contributed by atoms with Crippen LogP contribution < -0.4 is 10.6 Å². The summed E-state index contributed by atoms with van der Waals surface area (Å²) in [5.74, 6) is 0.672. The molecule has 2 aromatic carbocycles. The lowest BCUT2D eigenvalue weighted by Crippen LogP contribution is -2.19. The van der Waals surface area contributed by atoms with Gasteiger partial charge in [0.1, 0.15) is 11.6 Å². The van der Waals surface area contributed by atoms with Gasteiger partial charge in [0.2, 0.25) is 0 Å². The van der Waals surface area contributed by atoms with Crippen molar-refractivity contribution in [3.05, 3.63) is 72.6 Å². The van der Waals surface area contributed by atoms with Gasteiger partial charge in [-0.2, -0.15) is 0 Å². The molecular weight excluding hydrogens is 432 g/mol. The third kappa shape index (κ3) is 4.94. The second-order valence-corrected chi connectivity index (χ2v) is 9.21. The molecule has 0 spiro atoms. The first kappa shape index (κ1) is 22.5. The molecule has 0 unspecified atom stereocenters. The Kier molecular flexibility index (Phi) is 6.54. The molecule has 5 rings (SSSR count). The number of nitrogens with one attached hydrogen (secondary N) is 2. The minimum Gasteiger partial charge on any atom is -0.384 e. The summed E-state index contributed by atoms with van der Waals surface area (Å²) in [6.07, 6.45) is 5.58. The fraction of sp³-hybridized carbons (Fsp3) is 0.333. The summed E-state index contributed by atoms with van der Waals surface area (Å²) in [4.78, 5) is 11.0. The van der Waals surface area contributed by atoms with Gasteiger partial charge in [-0.25, -0.2) is 8.78 Å². The Balaban J connectivity index is 1.17. The van der Waals surface area contributed by atoms with Crippen molar-refractivity contribution in [2.75, 3.05) is 43.9 Å². The Morgan fingerprint density at radius 2 is 1.24 bits per heavy atom. The Morgan fingerprint density at radius 1 is 0.765 bits per heavy atom. The van der Waals surface area contributed by atoms with Crippen molar-refractivity contribution in [1.29, 1.82) is 0 Å². The predicted molar refractivity (Wildman–Crippen MR) is 134 cm³/mol. The summed E-state index contributed by atoms with van der Waals surface area (Å²) in [7, 11) is 2.18. The molecule has 34 heavy (non-hydrogen) atoms. The summed E-state index contributed by atoms with van der Waals surface area (Å²) in [5, 5.41) is 8.97. The van der Waals surface area contributed by atoms with Crippen LogP contribution in [0.3, 0.4) is 0 Å². The molecule has 176 valence electrons. The molecule has 1 aliphatic rings. The number of anilines is 2. The van der Waals surface area contributed by atoms with Crippen molar-refractivity contribution in [2.45, 2.75) is 12.8 Å². The van der Waals surface area contributed by atoms with E-state index in [1.165, 1.54) is 24.3 Å². The number of hydrogen-bond donors (Lipinski definition) is 2. The largest absolute Gasteiger partial charge is 0.384 e. The molecule has 0 radical (unpaired) electrons. The lowest BCUT2D eigenvalue weighted by molar-refractivity contribution is 0.387. The molecule has 1 aliphatic heterocycles. The molecule has 4 aromatic rings. The van der Waals surface area contributed by atoms with E-state index in [2.05, 4.69) is 32.5 Å². The number of fused-ring (bicyclic) bond motifs is 2. The molecule has 7 heteroatoms. The van der Waals surface area contributed by atoms with Crippen LogP contribution in [-0.2, 0) is 0 Å². The highest BCUT2D eigenvalue weighted by molar-refractivity contribution is 5.91. The van der Waals surface area contributed by atoms with Crippen molar-refractivity contribution in [3.8, 4) is 0 Å². The molecule has 0 amide bonds. The van der Waals surface area contributed by atoms with Crippen molar-refractivity contribution < 1.29 is 8.78 Å². The Bertz CT molecular complexity index is 1200. The van der Waals surface area contributed by atoms with Gasteiger partial charge in [0.05, 0.1) is 11.0 Å². The topological polar surface area (TPSA) is 53.1 Å². The Hall–Kier alpha value is -3.32. The van der Waals surface area contributed by atoms with Crippen LogP contribution >= 0.6 is 0 Å². The van der Waals surface area contributed by atoms with Crippen LogP contribution in [0.15, 0.2) is 60.9 Å². The van der Waals surface area contributed by atoms with Crippen molar-refractivity contribution in [1.82, 2.24) is 14.9 Å². The second kappa shape index (κ2) is 9.89. The molecule has 1 fully saturated rings. The van der Waals surface area contributed by atoms with Crippen LogP contribution in [0.4, 0.5) is 20.2 Å². The van der Waals surface area contributed by atoms with E-state index in [1.54, 1.807) is 24.5 Å². The van der Waals surface area contributed by atoms with Gasteiger partial charge in [0.25, 0.3) is 0 Å². The Labute approximate surface area is 198 Å². The number of pyridine rings is 2. The van der Waals surface area contributed by atoms with E-state index >= 15 is 0 Å². The van der Waals surface area contributed by atoms with Crippen molar-refractivity contribution in [3.63, 3.8) is 0 Å². The van der Waals surface area contributed by atoms with Gasteiger partial charge >= 0.3 is 0 Å². The minimum absolute atomic E-state index is 0.269. The predicted octanol–water partition coefficient (Wildman–Crippen LogP) is 5.54. The zero-order valence-corrected chi connectivity index (χ0v) is 19.3. The van der Waals surface area contributed by atoms with Gasteiger partial charge < -0.3 is 15.5 Å². The lowest BCUT2D eigenvalue weighted by Gasteiger charge is -2.20. The van der Waals surface area contributed by atoms with E-state index in [0.29, 0.717) is 22.9 Å². The zero-order valence-electron chi connectivity index (χ0n) is 19.3. The molecule has 3 heterocycles. The van der Waals surface area contributed by atoms with Crippen LogP contribution in [0.25, 0.3) is 21.8 Å². The van der Waals surface area contributed by atoms with Crippen LogP contribution in [0.2, 0.25) is 0 Å². The smallest absolute Gasteiger partial charge is 0.125 e. The van der Waals surface area contributed by atoms with E-state index < -0.39 is 0 Å². The summed E-state index contributed by atoms with van der Waals surface area (Å²) < 4.78 is 27.0. The van der Waals surface area contributed by atoms with Crippen LogP contribution in [-0.4, -0.2) is 48.1 Å². The average Bonchev–Trinajstić information content (AvgIpc) is 3.18. The molecule has 5 nitrogen and oxygen atoms in total. The maximum Gasteiger partial charge on any atom is 0.125 e. The molecule has 0 saturated carbocycles. The molecule has 0 bridgehead atoms. The highest BCUT2D eigenvalue weighted by Crippen LogP contribution is 2.30. The maximum atomic E-state index is 13.5. The highest BCUT2D eigenvalue weighted by Gasteiger charge is 2.29. The number of aromatic nitrogens is 2. The van der Waals surface area contributed by atoms with Gasteiger partial charge in [0.15, 0.2) is 0 Å². The normalized spacial score (nSPS) is 18.6. The lowest BCUT2D eigenvalue weighted by atomic mass is 9.90. The number of halogens is 2. The monoisotopic (exact) mass is 461 g/mol. The van der Waals surface area contributed by atoms with Gasteiger partial charge in [0, 0.05) is 72.9 Å². The van der Waals surface area contributed by atoms with Gasteiger partial charge in [-0.1, -0.05) is 0 Å². The number of likely N-dealkylation sites (tertiary alicyclic amines) is 1. The maximum absolute atomic E-state index is 13.5. The summed E-state index contributed by atoms with van der Waals surface area (Å²) in [5.41, 5.74) is 3.33. The van der Waals surface area contributed by atoms with Gasteiger partial charge in [-0.05, 0) is 68.1 Å². The summed E-state index contributed by atoms with van der Waals surface area (Å²) in [6.45, 7) is 3.90. The van der Waals surface area contributed by atoms with E-state index in [4.69, 9.17) is 0 Å². The second-order valence-electron chi connectivity index (χ2n) is 9.21. The SMILES string of the molecule is CN1C[C@@H](CCNc2ccnc3cc(F)ccc23)[C@@H](CCNc2ccnc3cc(F)ccc23)C1. The fourth-order valence-electron chi connectivity index (χ4n) is 5.16. The molecule has 2 atom stereocenters. The quantitative estimate of drug-likeness (QED) is 0.361. The number of nitrogens with zero attached hydrogens (tertiary/aromatic N) is 3. The van der Waals surface area contributed by atoms with Gasteiger partial charge in [-0.3, -0.25) is 9.97 Å². The van der Waals surface area contributed by atoms with E-state index in [9.17, 15) is 8.78 Å². The fourth-order valence-corrected chi connectivity index (χ4v) is 5.16. The van der Waals surface area contributed by atoms with Crippen LogP contribution in [0, 0.1) is 23.5 Å². The number of benzene rings is 2. The standard InChI is InChI=1S/C27H29F2N5/c1-34-16-18(6-10-30-24-8-12-32-26-14-20(28)2-4-22(24)26)19(17-34)7-11-31-25-9-13-33-27-15-21(29)3-5-23(25)27/h2-5,8-9,12-15,18-19H,6-7,10-11,16-17H2,1H3,(H,30,32)(H,31,33)/t18-,19+. The zero-order chi connectivity index (χ0) is 23.5. The van der Waals surface area contributed by atoms with Gasteiger partial charge in [-0.15, -0.1) is 0 Å². The first-order valence-electron chi connectivity index (χ1n) is 11.8. The minimum atomic E-state index is -0.269. The average molecular weight is 462 g/mol. The molecule has 1 saturated heterocycles. The molecular formula is C27H29F2N5. The molecule has 2 aromatic heterocycles. The van der Waals surface area contributed by atoms with E-state index in [0.717, 1.165) is 61.2 Å². The number of rotatable bonds is 8. The summed E-state index contributed by atoms with van der Waals surface area (Å²) >= 11 is 0. The molecule has 2 N–H and O–H groups in total. The van der Waals surface area contributed by atoms with Crippen LogP contribution in [0.5, 0.6) is 0 Å². The third-order valence-electron chi connectivity index (χ3n) is 6.83. The van der Waals surface area contributed by atoms with E-state index in [-0.39, 0.29) is 11.6 Å². The highest BCUT2D eigenvalue weighted by atomic mass is 19.1. The summed E-state index contributed by atoms with van der Waals surface area (Å²) in [6, 6.07) is 13.4. The molecule has 0 aliphatic carbocycles.